The molecule has 0 spiro atoms. The van der Waals surface area contributed by atoms with Gasteiger partial charge in [-0.05, 0) is 60.7 Å². The second kappa shape index (κ2) is 7.42. The Morgan fingerprint density at radius 2 is 1.62 bits per heavy atom. The molecule has 162 valence electrons. The third-order valence-corrected chi connectivity index (χ3v) is 7.89. The van der Waals surface area contributed by atoms with Crippen LogP contribution in [0.1, 0.15) is 43.0 Å². The lowest BCUT2D eigenvalue weighted by molar-refractivity contribution is -0.659. The maximum atomic E-state index is 2.35. The van der Waals surface area contributed by atoms with Crippen molar-refractivity contribution in [3.63, 3.8) is 0 Å². The van der Waals surface area contributed by atoms with E-state index in [1.54, 1.807) is 0 Å². The highest BCUT2D eigenvalue weighted by molar-refractivity contribution is 7.27. The average Bonchev–Trinajstić information content (AvgIpc) is 3.08. The number of benzene rings is 3. The van der Waals surface area contributed by atoms with Gasteiger partial charge < -0.3 is 0 Å². The van der Waals surface area contributed by atoms with Gasteiger partial charge in [0.05, 0.1) is 5.56 Å². The minimum Gasteiger partial charge on any atom is -0.200 e. The third kappa shape index (κ3) is 3.42. The number of rotatable bonds is 2. The number of aryl methyl sites for hydroxylation is 3. The van der Waals surface area contributed by atoms with Crippen LogP contribution in [0, 0.1) is 26.2 Å². The van der Waals surface area contributed by atoms with Crippen LogP contribution in [0.5, 0.6) is 0 Å². The van der Waals surface area contributed by atoms with Crippen LogP contribution in [0.15, 0.2) is 54.7 Å². The van der Waals surface area contributed by atoms with Crippen LogP contribution in [0.2, 0.25) is 0 Å². The van der Waals surface area contributed by atoms with E-state index in [1.165, 1.54) is 64.5 Å². The average molecular weight is 439 g/mol. The Balaban J connectivity index is 1.91. The molecule has 5 aromatic rings. The van der Waals surface area contributed by atoms with Gasteiger partial charge in [-0.15, -0.1) is 11.3 Å². The summed E-state index contributed by atoms with van der Waals surface area (Å²) in [6, 6.07) is 18.4. The number of fused-ring (bicyclic) bond motifs is 5. The molecule has 0 fully saturated rings. The molecule has 0 atom stereocenters. The number of pyridine rings is 1. The van der Waals surface area contributed by atoms with E-state index in [4.69, 9.17) is 0 Å². The summed E-state index contributed by atoms with van der Waals surface area (Å²) < 4.78 is 5.11. The maximum absolute atomic E-state index is 2.35. The van der Waals surface area contributed by atoms with Crippen molar-refractivity contribution in [2.75, 3.05) is 0 Å². The first-order chi connectivity index (χ1) is 15.1. The number of nitrogens with zero attached hydrogens (tertiary/aromatic N) is 1. The van der Waals surface area contributed by atoms with E-state index in [0.717, 1.165) is 6.42 Å². The fraction of sp³-hybridized carbons (Fsp3) is 0.300. The lowest BCUT2D eigenvalue weighted by Gasteiger charge is -2.19. The van der Waals surface area contributed by atoms with Gasteiger partial charge in [0.15, 0.2) is 6.20 Å². The molecule has 0 amide bonds. The van der Waals surface area contributed by atoms with Gasteiger partial charge in [-0.3, -0.25) is 0 Å². The van der Waals surface area contributed by atoms with Crippen LogP contribution >= 0.6 is 11.3 Å². The van der Waals surface area contributed by atoms with Gasteiger partial charge in [-0.1, -0.05) is 62.7 Å². The normalized spacial score (nSPS) is 12.3. The van der Waals surface area contributed by atoms with Crippen LogP contribution in [0.4, 0.5) is 0 Å². The van der Waals surface area contributed by atoms with E-state index in [-0.39, 0.29) is 5.41 Å². The van der Waals surface area contributed by atoms with E-state index < -0.39 is 0 Å². The van der Waals surface area contributed by atoms with Gasteiger partial charge in [-0.2, -0.15) is 4.57 Å². The summed E-state index contributed by atoms with van der Waals surface area (Å²) in [7, 11) is 2.18. The van der Waals surface area contributed by atoms with E-state index in [9.17, 15) is 0 Å². The Morgan fingerprint density at radius 1 is 0.875 bits per heavy atom. The summed E-state index contributed by atoms with van der Waals surface area (Å²) in [6.07, 6.45) is 3.31. The molecule has 3 aromatic carbocycles. The van der Waals surface area contributed by atoms with Crippen LogP contribution < -0.4 is 4.57 Å². The highest BCUT2D eigenvalue weighted by Crippen LogP contribution is 2.43. The molecule has 2 aromatic heterocycles. The van der Waals surface area contributed by atoms with Gasteiger partial charge >= 0.3 is 0 Å². The lowest BCUT2D eigenvalue weighted by Crippen LogP contribution is -2.30. The molecular formula is C30H32NS+. The summed E-state index contributed by atoms with van der Waals surface area (Å²) in [5.41, 5.74) is 8.43. The fourth-order valence-corrected chi connectivity index (χ4v) is 6.58. The Morgan fingerprint density at radius 3 is 2.38 bits per heavy atom. The van der Waals surface area contributed by atoms with Crippen LogP contribution in [-0.2, 0) is 13.5 Å². The molecule has 0 radical (unpaired) electrons. The highest BCUT2D eigenvalue weighted by Gasteiger charge is 2.23. The van der Waals surface area contributed by atoms with Gasteiger partial charge in [-0.25, -0.2) is 0 Å². The molecule has 5 rings (SSSR count). The van der Waals surface area contributed by atoms with Gasteiger partial charge in [0.1, 0.15) is 11.7 Å². The van der Waals surface area contributed by atoms with Crippen LogP contribution in [0.3, 0.4) is 0 Å². The molecule has 0 bridgehead atoms. The Hall–Kier alpha value is -2.71. The molecule has 0 unspecified atom stereocenters. The predicted molar refractivity (Wildman–Crippen MR) is 141 cm³/mol. The molecule has 32 heavy (non-hydrogen) atoms. The Bertz CT molecular complexity index is 1510. The Labute approximate surface area is 195 Å². The van der Waals surface area contributed by atoms with Crippen molar-refractivity contribution < 1.29 is 4.57 Å². The lowest BCUT2D eigenvalue weighted by atomic mass is 9.86. The zero-order valence-corrected chi connectivity index (χ0v) is 21.1. The van der Waals surface area contributed by atoms with Crippen molar-refractivity contribution in [2.24, 2.45) is 12.5 Å². The second-order valence-electron chi connectivity index (χ2n) is 10.6. The third-order valence-electron chi connectivity index (χ3n) is 6.64. The summed E-state index contributed by atoms with van der Waals surface area (Å²) >= 11 is 1.97. The molecule has 0 saturated heterocycles. The summed E-state index contributed by atoms with van der Waals surface area (Å²) in [5.74, 6) is 0. The SMILES string of the molecule is Cc1cc(C)c(C)c(-c2c3sc4c(ccc5cccc(CC(C)(C)C)c54)c3cc[n+]2C)c1. The van der Waals surface area contributed by atoms with Crippen molar-refractivity contribution in [3.05, 3.63) is 77.0 Å². The zero-order valence-electron chi connectivity index (χ0n) is 20.3. The van der Waals surface area contributed by atoms with Gasteiger partial charge in [0, 0.05) is 26.9 Å². The summed E-state index contributed by atoms with van der Waals surface area (Å²) in [4.78, 5) is 0. The zero-order chi connectivity index (χ0) is 22.8. The van der Waals surface area contributed by atoms with Crippen molar-refractivity contribution in [2.45, 2.75) is 48.0 Å². The molecule has 2 heterocycles. The van der Waals surface area contributed by atoms with Crippen molar-refractivity contribution in [1.82, 2.24) is 0 Å². The smallest absolute Gasteiger partial charge is 0.200 e. The molecule has 0 N–H and O–H groups in total. The Kier molecular flexibility index (Phi) is 4.90. The highest BCUT2D eigenvalue weighted by atomic mass is 32.1. The molecule has 0 saturated carbocycles. The van der Waals surface area contributed by atoms with Gasteiger partial charge in [0.2, 0.25) is 5.69 Å². The van der Waals surface area contributed by atoms with Crippen LogP contribution in [0.25, 0.3) is 42.2 Å². The largest absolute Gasteiger partial charge is 0.230 e. The predicted octanol–water partition coefficient (Wildman–Crippen LogP) is 8.21. The van der Waals surface area contributed by atoms with Gasteiger partial charge in [0.25, 0.3) is 0 Å². The molecule has 0 aliphatic heterocycles. The minimum atomic E-state index is 0.251. The standard InChI is InChI=1S/C30H32NS/c1-18-15-19(2)20(3)25(16-18)27-29-24(13-14-31(27)7)23-12-11-21-9-8-10-22(17-30(4,5)6)26(21)28(23)32-29/h8-16H,17H2,1-7H3/q+1. The number of aromatic nitrogens is 1. The minimum absolute atomic E-state index is 0.251. The second-order valence-corrected chi connectivity index (χ2v) is 11.6. The number of thiophene rings is 1. The first-order valence-corrected chi connectivity index (χ1v) is 12.3. The molecule has 2 heteroatoms. The van der Waals surface area contributed by atoms with E-state index >= 15 is 0 Å². The molecule has 1 nitrogen and oxygen atoms in total. The van der Waals surface area contributed by atoms with Crippen LogP contribution in [-0.4, -0.2) is 0 Å². The van der Waals surface area contributed by atoms with E-state index in [0.29, 0.717) is 0 Å². The monoisotopic (exact) mass is 438 g/mol. The summed E-state index contributed by atoms with van der Waals surface area (Å²) in [5, 5.41) is 5.53. The molecule has 0 aliphatic carbocycles. The van der Waals surface area contributed by atoms with E-state index in [1.807, 2.05) is 11.3 Å². The topological polar surface area (TPSA) is 3.88 Å². The first kappa shape index (κ1) is 21.2. The molecule has 0 aliphatic rings. The first-order valence-electron chi connectivity index (χ1n) is 11.5. The van der Waals surface area contributed by atoms with Crippen molar-refractivity contribution in [1.29, 1.82) is 0 Å². The summed E-state index contributed by atoms with van der Waals surface area (Å²) in [6.45, 7) is 13.7. The quantitative estimate of drug-likeness (QED) is 0.244. The molecular weight excluding hydrogens is 406 g/mol. The van der Waals surface area contributed by atoms with Crippen molar-refractivity contribution >= 4 is 42.3 Å². The maximum Gasteiger partial charge on any atom is 0.230 e. The number of hydrogen-bond donors (Lipinski definition) is 0. The van der Waals surface area contributed by atoms with E-state index in [2.05, 4.69) is 108 Å². The number of hydrogen-bond acceptors (Lipinski definition) is 1. The fourth-order valence-electron chi connectivity index (χ4n) is 5.10. The van der Waals surface area contributed by atoms with Crippen molar-refractivity contribution in [3.8, 4) is 11.3 Å².